The Morgan fingerprint density at radius 3 is 2.31 bits per heavy atom. The third-order valence-electron chi connectivity index (χ3n) is 6.97. The van der Waals surface area contributed by atoms with Gasteiger partial charge >= 0.3 is 0 Å². The van der Waals surface area contributed by atoms with Crippen LogP contribution >= 0.6 is 0 Å². The van der Waals surface area contributed by atoms with Gasteiger partial charge in [0.25, 0.3) is 0 Å². The van der Waals surface area contributed by atoms with Crippen molar-refractivity contribution in [1.82, 2.24) is 21.4 Å². The first-order chi connectivity index (χ1) is 20.0. The SMILES string of the molecule is COC1CC1(NC(=O)[C@H](CC(=O)NOC(C)(C)C)NC(=O)Cc1ccccc1)C(=O)NCc1cccc2ccccc12. The van der Waals surface area contributed by atoms with Crippen molar-refractivity contribution in [1.29, 1.82) is 0 Å². The molecule has 1 aliphatic carbocycles. The number of nitrogens with one attached hydrogen (secondary N) is 4. The molecule has 1 aliphatic rings. The Balaban J connectivity index is 1.46. The van der Waals surface area contributed by atoms with E-state index in [4.69, 9.17) is 9.57 Å². The zero-order valence-corrected chi connectivity index (χ0v) is 24.4. The molecule has 4 rings (SSSR count). The van der Waals surface area contributed by atoms with Crippen LogP contribution in [0.3, 0.4) is 0 Å². The Morgan fingerprint density at radius 1 is 0.929 bits per heavy atom. The molecule has 0 aromatic heterocycles. The molecule has 42 heavy (non-hydrogen) atoms. The van der Waals surface area contributed by atoms with E-state index in [1.54, 1.807) is 32.9 Å². The van der Waals surface area contributed by atoms with Crippen molar-refractivity contribution in [2.24, 2.45) is 0 Å². The highest BCUT2D eigenvalue weighted by atomic mass is 16.7. The van der Waals surface area contributed by atoms with Gasteiger partial charge in [-0.2, -0.15) is 0 Å². The molecule has 3 atom stereocenters. The number of hydroxylamine groups is 1. The lowest BCUT2D eigenvalue weighted by molar-refractivity contribution is -0.147. The van der Waals surface area contributed by atoms with Gasteiger partial charge in [0, 0.05) is 20.1 Å². The van der Waals surface area contributed by atoms with Crippen LogP contribution in [-0.2, 0) is 41.7 Å². The van der Waals surface area contributed by atoms with E-state index in [-0.39, 0.29) is 19.4 Å². The van der Waals surface area contributed by atoms with E-state index in [2.05, 4.69) is 21.4 Å². The van der Waals surface area contributed by atoms with Crippen LogP contribution in [0.4, 0.5) is 0 Å². The Bertz CT molecular complexity index is 1430. The number of ether oxygens (including phenoxy) is 1. The van der Waals surface area contributed by atoms with Crippen molar-refractivity contribution in [3.05, 3.63) is 83.9 Å². The summed E-state index contributed by atoms with van der Waals surface area (Å²) < 4.78 is 5.46. The van der Waals surface area contributed by atoms with Crippen molar-refractivity contribution in [3.8, 4) is 0 Å². The first kappa shape index (κ1) is 30.7. The molecule has 1 fully saturated rings. The fraction of sp³-hybridized carbons (Fsp3) is 0.375. The van der Waals surface area contributed by atoms with Crippen molar-refractivity contribution >= 4 is 34.4 Å². The molecule has 0 radical (unpaired) electrons. The molecular weight excluding hydrogens is 536 g/mol. The molecule has 4 amide bonds. The van der Waals surface area contributed by atoms with Gasteiger partial charge in [-0.05, 0) is 42.7 Å². The predicted molar refractivity (Wildman–Crippen MR) is 158 cm³/mol. The van der Waals surface area contributed by atoms with Gasteiger partial charge in [0.05, 0.1) is 24.5 Å². The van der Waals surface area contributed by atoms with E-state index in [9.17, 15) is 19.2 Å². The van der Waals surface area contributed by atoms with Crippen molar-refractivity contribution in [2.45, 2.75) is 69.9 Å². The molecule has 0 spiro atoms. The van der Waals surface area contributed by atoms with Crippen LogP contribution in [0.2, 0.25) is 0 Å². The van der Waals surface area contributed by atoms with Crippen LogP contribution in [-0.4, -0.2) is 54.0 Å². The minimum absolute atomic E-state index is 0.0160. The first-order valence-electron chi connectivity index (χ1n) is 13.9. The van der Waals surface area contributed by atoms with Crippen molar-refractivity contribution in [2.75, 3.05) is 7.11 Å². The number of amides is 4. The van der Waals surface area contributed by atoms with Gasteiger partial charge in [-0.25, -0.2) is 5.48 Å². The number of methoxy groups -OCH3 is 1. The van der Waals surface area contributed by atoms with Crippen molar-refractivity contribution in [3.63, 3.8) is 0 Å². The average molecular weight is 575 g/mol. The number of carbonyl (C=O) groups excluding carboxylic acids is 4. The minimum atomic E-state index is -1.34. The van der Waals surface area contributed by atoms with Gasteiger partial charge in [0.1, 0.15) is 11.6 Å². The third kappa shape index (κ3) is 7.92. The maximum absolute atomic E-state index is 13.6. The fourth-order valence-electron chi connectivity index (χ4n) is 4.71. The standard InChI is InChI=1S/C32H38N4O6/c1-31(2,3)42-36-28(38)18-25(34-27(37)17-21-11-6-5-7-12-21)29(39)35-32(19-26(32)41-4)30(40)33-20-23-15-10-14-22-13-8-9-16-24(22)23/h5-16,25-26H,17-20H2,1-4H3,(H,33,40)(H,34,37)(H,35,39)(H,36,38)/t25-,26?,32?/m0/s1. The fourth-order valence-corrected chi connectivity index (χ4v) is 4.71. The van der Waals surface area contributed by atoms with Gasteiger partial charge in [-0.3, -0.25) is 24.0 Å². The molecule has 0 heterocycles. The summed E-state index contributed by atoms with van der Waals surface area (Å²) in [6, 6.07) is 21.5. The largest absolute Gasteiger partial charge is 0.378 e. The first-order valence-corrected chi connectivity index (χ1v) is 13.9. The molecule has 222 valence electrons. The third-order valence-corrected chi connectivity index (χ3v) is 6.97. The minimum Gasteiger partial charge on any atom is -0.378 e. The summed E-state index contributed by atoms with van der Waals surface area (Å²) in [4.78, 5) is 57.9. The Kier molecular flexibility index (Phi) is 9.59. The number of fused-ring (bicyclic) bond motifs is 1. The van der Waals surface area contributed by atoms with Crippen LogP contribution < -0.4 is 21.4 Å². The van der Waals surface area contributed by atoms with E-state index < -0.39 is 53.3 Å². The summed E-state index contributed by atoms with van der Waals surface area (Å²) in [5.74, 6) is -2.13. The maximum atomic E-state index is 13.6. The zero-order valence-electron chi connectivity index (χ0n) is 24.4. The number of benzene rings is 3. The number of rotatable bonds is 12. The Hall–Kier alpha value is -4.28. The van der Waals surface area contributed by atoms with Crippen LogP contribution in [0.15, 0.2) is 72.8 Å². The van der Waals surface area contributed by atoms with Gasteiger partial charge in [-0.1, -0.05) is 72.8 Å². The highest BCUT2D eigenvalue weighted by Gasteiger charge is 2.62. The number of hydrogen-bond donors (Lipinski definition) is 4. The highest BCUT2D eigenvalue weighted by molar-refractivity contribution is 5.99. The molecule has 3 aromatic rings. The summed E-state index contributed by atoms with van der Waals surface area (Å²) in [5, 5.41) is 10.4. The van der Waals surface area contributed by atoms with Gasteiger partial charge in [0.2, 0.25) is 23.6 Å². The molecular formula is C32H38N4O6. The second-order valence-electron chi connectivity index (χ2n) is 11.4. The summed E-state index contributed by atoms with van der Waals surface area (Å²) in [7, 11) is 1.47. The molecule has 0 aliphatic heterocycles. The van der Waals surface area contributed by atoms with Crippen molar-refractivity contribution < 1.29 is 28.8 Å². The molecule has 10 heteroatoms. The lowest BCUT2D eigenvalue weighted by Gasteiger charge is -2.24. The summed E-state index contributed by atoms with van der Waals surface area (Å²) in [5.41, 5.74) is 2.02. The molecule has 0 saturated heterocycles. The normalized spacial score (nSPS) is 18.5. The molecule has 3 aromatic carbocycles. The van der Waals surface area contributed by atoms with Crippen LogP contribution in [0.1, 0.15) is 44.7 Å². The van der Waals surface area contributed by atoms with Crippen LogP contribution in [0.5, 0.6) is 0 Å². The predicted octanol–water partition coefficient (Wildman–Crippen LogP) is 2.69. The summed E-state index contributed by atoms with van der Waals surface area (Å²) in [6.07, 6.45) is -0.691. The van der Waals surface area contributed by atoms with E-state index in [0.717, 1.165) is 21.9 Å². The number of carbonyl (C=O) groups is 4. The topological polar surface area (TPSA) is 135 Å². The van der Waals surface area contributed by atoms with E-state index >= 15 is 0 Å². The quantitative estimate of drug-likeness (QED) is 0.246. The van der Waals surface area contributed by atoms with Gasteiger partial charge in [0.15, 0.2) is 0 Å². The molecule has 10 nitrogen and oxygen atoms in total. The lowest BCUT2D eigenvalue weighted by atomic mass is 10.0. The van der Waals surface area contributed by atoms with E-state index in [0.29, 0.717) is 0 Å². The summed E-state index contributed by atoms with van der Waals surface area (Å²) in [6.45, 7) is 5.53. The summed E-state index contributed by atoms with van der Waals surface area (Å²) >= 11 is 0. The second-order valence-corrected chi connectivity index (χ2v) is 11.4. The average Bonchev–Trinajstić information content (AvgIpc) is 3.68. The van der Waals surface area contributed by atoms with E-state index in [1.807, 2.05) is 60.7 Å². The molecule has 0 bridgehead atoms. The van der Waals surface area contributed by atoms with E-state index in [1.165, 1.54) is 7.11 Å². The van der Waals surface area contributed by atoms with Gasteiger partial charge < -0.3 is 20.7 Å². The molecule has 4 N–H and O–H groups in total. The lowest BCUT2D eigenvalue weighted by Crippen LogP contribution is -2.57. The second kappa shape index (κ2) is 13.1. The Morgan fingerprint density at radius 2 is 1.62 bits per heavy atom. The smallest absolute Gasteiger partial charge is 0.248 e. The van der Waals surface area contributed by atoms with Gasteiger partial charge in [-0.15, -0.1) is 0 Å². The maximum Gasteiger partial charge on any atom is 0.248 e. The zero-order chi connectivity index (χ0) is 30.3. The van der Waals surface area contributed by atoms with Crippen LogP contribution in [0.25, 0.3) is 10.8 Å². The molecule has 2 unspecified atom stereocenters. The number of hydrogen-bond acceptors (Lipinski definition) is 6. The monoisotopic (exact) mass is 574 g/mol. The molecule has 1 saturated carbocycles. The highest BCUT2D eigenvalue weighted by Crippen LogP contribution is 2.39. The Labute approximate surface area is 245 Å². The van der Waals surface area contributed by atoms with Crippen LogP contribution in [0, 0.1) is 0 Å².